The van der Waals surface area contributed by atoms with Crippen molar-refractivity contribution in [3.8, 4) is 0 Å². The average molecular weight is 309 g/mol. The molecule has 116 valence electrons. The third-order valence-corrected chi connectivity index (χ3v) is 3.61. The molecule has 1 heterocycles. The normalized spacial score (nSPS) is 12.0. The first kappa shape index (κ1) is 14.9. The number of nitro benzene ring substituents is 1. The number of fused-ring (bicyclic) bond motifs is 1. The van der Waals surface area contributed by atoms with Gasteiger partial charge >= 0.3 is 0 Å². The fourth-order valence-corrected chi connectivity index (χ4v) is 2.46. The minimum Gasteiger partial charge on any atom is -0.387 e. The van der Waals surface area contributed by atoms with Gasteiger partial charge in [-0.1, -0.05) is 30.3 Å². The van der Waals surface area contributed by atoms with Crippen LogP contribution < -0.4 is 5.32 Å². The maximum atomic E-state index is 11.1. The topological polar surface area (TPSA) is 88.3 Å². The summed E-state index contributed by atoms with van der Waals surface area (Å²) in [6, 6.07) is 15.7. The van der Waals surface area contributed by atoms with Gasteiger partial charge in [-0.15, -0.1) is 0 Å². The Labute approximate surface area is 132 Å². The fraction of sp³-hybridized carbons (Fsp3) is 0.118. The predicted molar refractivity (Wildman–Crippen MR) is 88.3 cm³/mol. The highest BCUT2D eigenvalue weighted by molar-refractivity contribution is 5.96. The summed E-state index contributed by atoms with van der Waals surface area (Å²) in [5, 5.41) is 24.9. The smallest absolute Gasteiger partial charge is 0.278 e. The van der Waals surface area contributed by atoms with Crippen LogP contribution in [0.25, 0.3) is 10.9 Å². The van der Waals surface area contributed by atoms with Crippen LogP contribution in [0.15, 0.2) is 60.8 Å². The molecule has 0 spiro atoms. The molecule has 0 saturated heterocycles. The molecule has 2 aromatic carbocycles. The summed E-state index contributed by atoms with van der Waals surface area (Å²) in [5.74, 6) is 0. The molecule has 6 heteroatoms. The molecule has 0 bridgehead atoms. The monoisotopic (exact) mass is 309 g/mol. The average Bonchev–Trinajstić information content (AvgIpc) is 2.59. The van der Waals surface area contributed by atoms with E-state index in [0.717, 1.165) is 5.56 Å². The number of aliphatic hydroxyl groups excluding tert-OH is 1. The van der Waals surface area contributed by atoms with Gasteiger partial charge in [-0.05, 0) is 23.8 Å². The molecular weight excluding hydrogens is 294 g/mol. The van der Waals surface area contributed by atoms with Crippen LogP contribution in [0.2, 0.25) is 0 Å². The molecule has 0 saturated carbocycles. The van der Waals surface area contributed by atoms with Crippen molar-refractivity contribution >= 4 is 22.3 Å². The summed E-state index contributed by atoms with van der Waals surface area (Å²) in [5.41, 5.74) is 1.99. The van der Waals surface area contributed by atoms with Gasteiger partial charge in [0, 0.05) is 18.8 Å². The van der Waals surface area contributed by atoms with Gasteiger partial charge in [0.1, 0.15) is 5.52 Å². The minimum absolute atomic E-state index is 0.0160. The van der Waals surface area contributed by atoms with Crippen LogP contribution in [0.1, 0.15) is 11.7 Å². The molecule has 0 radical (unpaired) electrons. The molecule has 6 nitrogen and oxygen atoms in total. The summed E-state index contributed by atoms with van der Waals surface area (Å²) >= 11 is 0. The number of hydrogen-bond acceptors (Lipinski definition) is 5. The number of anilines is 1. The molecule has 23 heavy (non-hydrogen) atoms. The van der Waals surface area contributed by atoms with Crippen molar-refractivity contribution in [1.29, 1.82) is 0 Å². The SMILES string of the molecule is O=[N+]([O-])c1ccc(NC[C@@H](O)c2ccccc2)c2ncccc12. The fourth-order valence-electron chi connectivity index (χ4n) is 2.46. The number of aliphatic hydroxyl groups is 1. The molecule has 3 rings (SSSR count). The number of non-ortho nitro benzene ring substituents is 1. The Morgan fingerprint density at radius 2 is 1.91 bits per heavy atom. The highest BCUT2D eigenvalue weighted by Crippen LogP contribution is 2.30. The zero-order valence-corrected chi connectivity index (χ0v) is 12.2. The van der Waals surface area contributed by atoms with Crippen molar-refractivity contribution in [2.45, 2.75) is 6.10 Å². The first-order chi connectivity index (χ1) is 11.2. The molecule has 0 aliphatic carbocycles. The largest absolute Gasteiger partial charge is 0.387 e. The van der Waals surface area contributed by atoms with Gasteiger partial charge in [0.25, 0.3) is 5.69 Å². The van der Waals surface area contributed by atoms with Crippen molar-refractivity contribution in [3.63, 3.8) is 0 Å². The minimum atomic E-state index is -0.676. The maximum absolute atomic E-state index is 11.1. The Balaban J connectivity index is 1.87. The second kappa shape index (κ2) is 6.41. The summed E-state index contributed by atoms with van der Waals surface area (Å²) in [4.78, 5) is 14.9. The van der Waals surface area contributed by atoms with Crippen molar-refractivity contribution < 1.29 is 10.0 Å². The van der Waals surface area contributed by atoms with Gasteiger partial charge in [0.2, 0.25) is 0 Å². The number of nitrogens with one attached hydrogen (secondary N) is 1. The number of benzene rings is 2. The number of nitrogens with zero attached hydrogens (tertiary/aromatic N) is 2. The first-order valence-corrected chi connectivity index (χ1v) is 7.16. The van der Waals surface area contributed by atoms with Crippen molar-refractivity contribution in [1.82, 2.24) is 4.98 Å². The molecule has 0 aliphatic rings. The van der Waals surface area contributed by atoms with E-state index >= 15 is 0 Å². The zero-order chi connectivity index (χ0) is 16.2. The quantitative estimate of drug-likeness (QED) is 0.557. The lowest BCUT2D eigenvalue weighted by Gasteiger charge is -2.14. The highest BCUT2D eigenvalue weighted by atomic mass is 16.6. The molecule has 0 aliphatic heterocycles. The van der Waals surface area contributed by atoms with E-state index in [1.165, 1.54) is 6.07 Å². The van der Waals surface area contributed by atoms with Gasteiger partial charge in [0.15, 0.2) is 0 Å². The third kappa shape index (κ3) is 3.12. The standard InChI is InChI=1S/C17H15N3O3/c21-16(12-5-2-1-3-6-12)11-19-14-8-9-15(20(22)23)13-7-4-10-18-17(13)14/h1-10,16,19,21H,11H2/t16-/m1/s1. The van der Waals surface area contributed by atoms with Gasteiger partial charge < -0.3 is 10.4 Å². The Morgan fingerprint density at radius 3 is 2.65 bits per heavy atom. The van der Waals surface area contributed by atoms with Crippen LogP contribution >= 0.6 is 0 Å². The third-order valence-electron chi connectivity index (χ3n) is 3.61. The Bertz CT molecular complexity index is 837. The number of aromatic nitrogens is 1. The van der Waals surface area contributed by atoms with E-state index < -0.39 is 11.0 Å². The maximum Gasteiger partial charge on any atom is 0.278 e. The number of nitro groups is 1. The molecule has 2 N–H and O–H groups in total. The molecular formula is C17H15N3O3. The van der Waals surface area contributed by atoms with E-state index in [4.69, 9.17) is 0 Å². The number of rotatable bonds is 5. The second-order valence-electron chi connectivity index (χ2n) is 5.10. The molecule has 0 unspecified atom stereocenters. The highest BCUT2D eigenvalue weighted by Gasteiger charge is 2.15. The van der Waals surface area contributed by atoms with E-state index in [0.29, 0.717) is 16.6 Å². The van der Waals surface area contributed by atoms with Crippen LogP contribution in [0, 0.1) is 10.1 Å². The van der Waals surface area contributed by atoms with E-state index in [-0.39, 0.29) is 12.2 Å². The van der Waals surface area contributed by atoms with E-state index in [2.05, 4.69) is 10.3 Å². The van der Waals surface area contributed by atoms with E-state index in [9.17, 15) is 15.2 Å². The van der Waals surface area contributed by atoms with Gasteiger partial charge in [-0.2, -0.15) is 0 Å². The second-order valence-corrected chi connectivity index (χ2v) is 5.10. The number of hydrogen-bond donors (Lipinski definition) is 2. The lowest BCUT2D eigenvalue weighted by molar-refractivity contribution is -0.383. The van der Waals surface area contributed by atoms with Gasteiger partial charge in [-0.3, -0.25) is 15.1 Å². The Morgan fingerprint density at radius 1 is 1.13 bits per heavy atom. The molecule has 1 aromatic heterocycles. The van der Waals surface area contributed by atoms with Crippen LogP contribution in [0.5, 0.6) is 0 Å². The molecule has 0 fully saturated rings. The van der Waals surface area contributed by atoms with Crippen LogP contribution in [-0.4, -0.2) is 21.6 Å². The van der Waals surface area contributed by atoms with Crippen molar-refractivity contribution in [2.75, 3.05) is 11.9 Å². The van der Waals surface area contributed by atoms with E-state index in [1.54, 1.807) is 24.4 Å². The summed E-state index contributed by atoms with van der Waals surface area (Å²) in [6.07, 6.45) is 0.912. The zero-order valence-electron chi connectivity index (χ0n) is 12.2. The first-order valence-electron chi connectivity index (χ1n) is 7.16. The van der Waals surface area contributed by atoms with Crippen LogP contribution in [-0.2, 0) is 0 Å². The summed E-state index contributed by atoms with van der Waals surface area (Å²) < 4.78 is 0. The van der Waals surface area contributed by atoms with Crippen molar-refractivity contribution in [3.05, 3.63) is 76.5 Å². The lowest BCUT2D eigenvalue weighted by Crippen LogP contribution is -2.12. The van der Waals surface area contributed by atoms with Gasteiger partial charge in [0.05, 0.1) is 22.1 Å². The van der Waals surface area contributed by atoms with Crippen molar-refractivity contribution in [2.24, 2.45) is 0 Å². The number of pyridine rings is 1. The van der Waals surface area contributed by atoms with Crippen LogP contribution in [0.4, 0.5) is 11.4 Å². The lowest BCUT2D eigenvalue weighted by atomic mass is 10.1. The van der Waals surface area contributed by atoms with E-state index in [1.807, 2.05) is 30.3 Å². The molecule has 1 atom stereocenters. The predicted octanol–water partition coefficient (Wildman–Crippen LogP) is 3.29. The summed E-state index contributed by atoms with van der Waals surface area (Å²) in [7, 11) is 0. The van der Waals surface area contributed by atoms with Gasteiger partial charge in [-0.25, -0.2) is 0 Å². The Kier molecular flexibility index (Phi) is 4.16. The van der Waals surface area contributed by atoms with Crippen LogP contribution in [0.3, 0.4) is 0 Å². The Hall–Kier alpha value is -2.99. The molecule has 3 aromatic rings. The summed E-state index contributed by atoms with van der Waals surface area (Å²) in [6.45, 7) is 0.285. The molecule has 0 amide bonds.